The summed E-state index contributed by atoms with van der Waals surface area (Å²) in [7, 11) is 0. The van der Waals surface area contributed by atoms with Crippen molar-refractivity contribution >= 4 is 29.6 Å². The molecule has 0 aliphatic carbocycles. The third-order valence-electron chi connectivity index (χ3n) is 1.00. The Morgan fingerprint density at radius 2 is 2.36 bits per heavy atom. The van der Waals surface area contributed by atoms with E-state index in [1.165, 1.54) is 11.3 Å². The molecule has 0 fully saturated rings. The molecule has 4 nitrogen and oxygen atoms in total. The normalized spacial score (nSPS) is 8.82. The van der Waals surface area contributed by atoms with Crippen molar-refractivity contribution in [3.63, 3.8) is 0 Å². The smallest absolute Gasteiger partial charge is 0.142 e. The first kappa shape index (κ1) is 10.3. The van der Waals surface area contributed by atoms with E-state index in [9.17, 15) is 0 Å². The predicted octanol–water partition coefficient (Wildman–Crippen LogP) is 0.308. The van der Waals surface area contributed by atoms with E-state index in [0.29, 0.717) is 12.2 Å². The molecule has 0 spiro atoms. The lowest BCUT2D eigenvalue weighted by Gasteiger charge is -1.86. The highest BCUT2D eigenvalue weighted by molar-refractivity contribution is 7.09. The lowest BCUT2D eigenvalue weighted by Crippen LogP contribution is -2.11. The topological polar surface area (TPSA) is 88.8 Å². The number of amidine groups is 1. The Hall–Kier alpha value is -0.650. The summed E-state index contributed by atoms with van der Waals surface area (Å²) in [5.74, 6) is -0.00375. The molecule has 0 radical (unpaired) electrons. The second kappa shape index (κ2) is 4.27. The first-order chi connectivity index (χ1) is 4.74. The van der Waals surface area contributed by atoms with E-state index in [2.05, 4.69) is 4.98 Å². The quantitative estimate of drug-likeness (QED) is 0.466. The maximum absolute atomic E-state index is 7.00. The molecule has 0 saturated carbocycles. The van der Waals surface area contributed by atoms with E-state index < -0.39 is 0 Å². The van der Waals surface area contributed by atoms with Gasteiger partial charge in [0.2, 0.25) is 0 Å². The molecule has 6 heteroatoms. The summed E-state index contributed by atoms with van der Waals surface area (Å²) in [6, 6.07) is 0. The minimum Gasteiger partial charge on any atom is -0.382 e. The van der Waals surface area contributed by atoms with Gasteiger partial charge >= 0.3 is 0 Å². The molecule has 1 heterocycles. The Balaban J connectivity index is 0.000001000. The third kappa shape index (κ3) is 2.45. The number of aromatic nitrogens is 1. The van der Waals surface area contributed by atoms with Crippen molar-refractivity contribution in [1.29, 1.82) is 5.41 Å². The molecule has 0 aliphatic heterocycles. The highest BCUT2D eigenvalue weighted by Gasteiger charge is 2.00. The molecule has 0 saturated heterocycles. The summed E-state index contributed by atoms with van der Waals surface area (Å²) in [5, 5.41) is 9.54. The molecule has 0 aromatic carbocycles. The van der Waals surface area contributed by atoms with Gasteiger partial charge in [-0.15, -0.1) is 23.7 Å². The van der Waals surface area contributed by atoms with E-state index in [-0.39, 0.29) is 18.2 Å². The van der Waals surface area contributed by atoms with E-state index in [0.717, 1.165) is 5.01 Å². The van der Waals surface area contributed by atoms with E-state index in [1.54, 1.807) is 5.38 Å². The van der Waals surface area contributed by atoms with Crippen molar-refractivity contribution in [2.45, 2.75) is 6.54 Å². The van der Waals surface area contributed by atoms with Gasteiger partial charge in [-0.2, -0.15) is 0 Å². The van der Waals surface area contributed by atoms with Crippen LogP contribution in [0.3, 0.4) is 0 Å². The number of hydrogen-bond donors (Lipinski definition) is 3. The summed E-state index contributed by atoms with van der Waals surface area (Å²) in [4.78, 5) is 3.97. The van der Waals surface area contributed by atoms with Crippen LogP contribution in [-0.2, 0) is 6.54 Å². The van der Waals surface area contributed by atoms with Gasteiger partial charge in [0.05, 0.1) is 0 Å². The highest BCUT2D eigenvalue weighted by atomic mass is 35.5. The summed E-state index contributed by atoms with van der Waals surface area (Å²) in [6.45, 7) is 0.415. The summed E-state index contributed by atoms with van der Waals surface area (Å²) < 4.78 is 0. The Bertz CT molecular complexity index is 246. The summed E-state index contributed by atoms with van der Waals surface area (Å²) >= 11 is 1.42. The molecular formula is C5H9ClN4S. The van der Waals surface area contributed by atoms with E-state index in [4.69, 9.17) is 16.9 Å². The third-order valence-corrected chi connectivity index (χ3v) is 1.87. The Kier molecular flexibility index (Phi) is 4.02. The van der Waals surface area contributed by atoms with Gasteiger partial charge in [-0.25, -0.2) is 4.98 Å². The minimum atomic E-state index is -0.00375. The van der Waals surface area contributed by atoms with Crippen LogP contribution in [0.15, 0.2) is 5.38 Å². The highest BCUT2D eigenvalue weighted by Crippen LogP contribution is 2.07. The Morgan fingerprint density at radius 1 is 1.73 bits per heavy atom. The van der Waals surface area contributed by atoms with Crippen molar-refractivity contribution < 1.29 is 0 Å². The number of rotatable bonds is 2. The van der Waals surface area contributed by atoms with Crippen LogP contribution in [0.25, 0.3) is 0 Å². The minimum absolute atomic E-state index is 0. The zero-order valence-electron chi connectivity index (χ0n) is 5.70. The number of halogens is 1. The summed E-state index contributed by atoms with van der Waals surface area (Å²) in [5.41, 5.74) is 11.0. The largest absolute Gasteiger partial charge is 0.382 e. The molecular weight excluding hydrogens is 184 g/mol. The van der Waals surface area contributed by atoms with Gasteiger partial charge in [0.15, 0.2) is 0 Å². The van der Waals surface area contributed by atoms with Gasteiger partial charge in [0.25, 0.3) is 0 Å². The number of nitrogen functional groups attached to an aromatic ring is 1. The second-order valence-corrected chi connectivity index (χ2v) is 2.69. The van der Waals surface area contributed by atoms with Crippen LogP contribution in [0.4, 0.5) is 0 Å². The fraction of sp³-hybridized carbons (Fsp3) is 0.200. The molecule has 0 unspecified atom stereocenters. The predicted molar refractivity (Wildman–Crippen MR) is 48.3 cm³/mol. The van der Waals surface area contributed by atoms with Gasteiger partial charge < -0.3 is 11.5 Å². The van der Waals surface area contributed by atoms with Crippen molar-refractivity contribution in [3.8, 4) is 0 Å². The van der Waals surface area contributed by atoms with Crippen LogP contribution < -0.4 is 11.5 Å². The molecule has 1 rings (SSSR count). The molecule has 0 amide bonds. The molecule has 1 aromatic rings. The molecule has 0 aliphatic rings. The number of nitrogens with two attached hydrogens (primary N) is 2. The van der Waals surface area contributed by atoms with Gasteiger partial charge in [0, 0.05) is 11.9 Å². The molecule has 1 aromatic heterocycles. The molecule has 0 atom stereocenters. The number of nitrogens with zero attached hydrogens (tertiary/aromatic N) is 1. The average Bonchev–Trinajstić information content (AvgIpc) is 2.34. The maximum Gasteiger partial charge on any atom is 0.142 e. The van der Waals surface area contributed by atoms with Crippen LogP contribution in [-0.4, -0.2) is 10.8 Å². The van der Waals surface area contributed by atoms with Crippen LogP contribution in [0.5, 0.6) is 0 Å². The Labute approximate surface area is 74.5 Å². The van der Waals surface area contributed by atoms with Crippen LogP contribution in [0, 0.1) is 5.41 Å². The second-order valence-electron chi connectivity index (χ2n) is 1.74. The SMILES string of the molecule is Cl.N=C(N)c1csc(CN)n1. The monoisotopic (exact) mass is 192 g/mol. The zero-order chi connectivity index (χ0) is 7.56. The zero-order valence-corrected chi connectivity index (χ0v) is 7.34. The van der Waals surface area contributed by atoms with E-state index in [1.807, 2.05) is 0 Å². The maximum atomic E-state index is 7.00. The molecule has 62 valence electrons. The standard InChI is InChI=1S/C5H8N4S.ClH/c6-1-4-9-3(2-10-4)5(7)8;/h2H,1,6H2,(H3,7,8);1H. The first-order valence-electron chi connectivity index (χ1n) is 2.73. The number of nitrogens with one attached hydrogen (secondary N) is 1. The van der Waals surface area contributed by atoms with Gasteiger partial charge in [-0.05, 0) is 0 Å². The van der Waals surface area contributed by atoms with Crippen LogP contribution in [0.1, 0.15) is 10.7 Å². The van der Waals surface area contributed by atoms with Crippen molar-refractivity contribution in [2.24, 2.45) is 11.5 Å². The number of hydrogen-bond acceptors (Lipinski definition) is 4. The van der Waals surface area contributed by atoms with Crippen molar-refractivity contribution in [2.75, 3.05) is 0 Å². The number of thiazole rings is 1. The fourth-order valence-electron chi connectivity index (χ4n) is 0.528. The van der Waals surface area contributed by atoms with Crippen molar-refractivity contribution in [1.82, 2.24) is 4.98 Å². The molecule has 0 bridgehead atoms. The Morgan fingerprint density at radius 3 is 2.64 bits per heavy atom. The average molecular weight is 193 g/mol. The van der Waals surface area contributed by atoms with Gasteiger partial charge in [0.1, 0.15) is 16.5 Å². The summed E-state index contributed by atoms with van der Waals surface area (Å²) in [6.07, 6.45) is 0. The van der Waals surface area contributed by atoms with Gasteiger partial charge in [-0.3, -0.25) is 5.41 Å². The van der Waals surface area contributed by atoms with E-state index >= 15 is 0 Å². The van der Waals surface area contributed by atoms with Crippen LogP contribution >= 0.6 is 23.7 Å². The van der Waals surface area contributed by atoms with Crippen molar-refractivity contribution in [3.05, 3.63) is 16.1 Å². The van der Waals surface area contributed by atoms with Crippen LogP contribution in [0.2, 0.25) is 0 Å². The lowest BCUT2D eigenvalue weighted by molar-refractivity contribution is 1.03. The fourth-order valence-corrected chi connectivity index (χ4v) is 1.20. The molecule has 5 N–H and O–H groups in total. The first-order valence-corrected chi connectivity index (χ1v) is 3.61. The lowest BCUT2D eigenvalue weighted by atomic mass is 10.5. The molecule has 11 heavy (non-hydrogen) atoms. The van der Waals surface area contributed by atoms with Gasteiger partial charge in [-0.1, -0.05) is 0 Å².